The molecule has 21 heavy (non-hydrogen) atoms. The van der Waals surface area contributed by atoms with Crippen molar-refractivity contribution in [1.29, 1.82) is 0 Å². The van der Waals surface area contributed by atoms with Crippen molar-refractivity contribution in [3.63, 3.8) is 0 Å². The highest BCUT2D eigenvalue weighted by Crippen LogP contribution is 2.12. The Hall–Kier alpha value is -1.63. The molecule has 0 fully saturated rings. The van der Waals surface area contributed by atoms with Gasteiger partial charge in [0, 0.05) is 9.90 Å². The van der Waals surface area contributed by atoms with Gasteiger partial charge in [0.2, 0.25) is 5.91 Å². The van der Waals surface area contributed by atoms with Gasteiger partial charge in [-0.25, -0.2) is 0 Å². The number of rotatable bonds is 4. The summed E-state index contributed by atoms with van der Waals surface area (Å²) in [6.45, 7) is 0.392. The first-order valence-electron chi connectivity index (χ1n) is 6.18. The molecule has 0 spiro atoms. The third kappa shape index (κ3) is 5.00. The molecule has 3 N–H and O–H groups in total. The lowest BCUT2D eigenvalue weighted by Gasteiger charge is -2.23. The summed E-state index contributed by atoms with van der Waals surface area (Å²) in [4.78, 5) is 13.0. The topological polar surface area (TPSA) is 58.4 Å². The second kappa shape index (κ2) is 7.40. The Bertz CT molecular complexity index is 614. The zero-order chi connectivity index (χ0) is 15.2. The van der Waals surface area contributed by atoms with Crippen LogP contribution in [0.15, 0.2) is 41.8 Å². The minimum atomic E-state index is -0.154. The van der Waals surface area contributed by atoms with E-state index in [0.29, 0.717) is 18.0 Å². The van der Waals surface area contributed by atoms with E-state index in [-0.39, 0.29) is 11.0 Å². The zero-order valence-corrected chi connectivity index (χ0v) is 13.5. The Morgan fingerprint density at radius 1 is 1.33 bits per heavy atom. The summed E-state index contributed by atoms with van der Waals surface area (Å²) in [5.41, 5.74) is 9.32. The fraction of sp³-hybridized carbons (Fsp3) is 0.143. The van der Waals surface area contributed by atoms with Gasteiger partial charge >= 0.3 is 0 Å². The molecule has 0 unspecified atom stereocenters. The maximum atomic E-state index is 12.0. The monoisotopic (exact) mass is 339 g/mol. The summed E-state index contributed by atoms with van der Waals surface area (Å²) in [6.07, 6.45) is 0.303. The van der Waals surface area contributed by atoms with Crippen LogP contribution in [-0.4, -0.2) is 16.0 Å². The van der Waals surface area contributed by atoms with Crippen LogP contribution in [0.25, 0.3) is 0 Å². The predicted molar refractivity (Wildman–Crippen MR) is 89.9 cm³/mol. The lowest BCUT2D eigenvalue weighted by atomic mass is 10.2. The molecular formula is C14H14ClN3OS2. The van der Waals surface area contributed by atoms with Crippen LogP contribution in [0.4, 0.5) is 0 Å². The number of carbonyl (C=O) groups excluding carboxylic acids is 1. The van der Waals surface area contributed by atoms with Gasteiger partial charge in [0.05, 0.1) is 13.0 Å². The van der Waals surface area contributed by atoms with E-state index >= 15 is 0 Å². The SMILES string of the molecule is NC(=S)N(Cc1ccc(Cl)cc1)NC(=O)Cc1cccs1. The van der Waals surface area contributed by atoms with Crippen LogP contribution in [0, 0.1) is 0 Å². The lowest BCUT2D eigenvalue weighted by molar-refractivity contribution is -0.123. The van der Waals surface area contributed by atoms with Crippen molar-refractivity contribution in [2.45, 2.75) is 13.0 Å². The van der Waals surface area contributed by atoms with E-state index in [9.17, 15) is 4.79 Å². The predicted octanol–water partition coefficient (Wildman–Crippen LogP) is 2.72. The van der Waals surface area contributed by atoms with Gasteiger partial charge in [-0.05, 0) is 41.4 Å². The maximum absolute atomic E-state index is 12.0. The van der Waals surface area contributed by atoms with Crippen molar-refractivity contribution >= 4 is 46.2 Å². The Kier molecular flexibility index (Phi) is 5.55. The normalized spacial score (nSPS) is 10.1. The van der Waals surface area contributed by atoms with Crippen molar-refractivity contribution in [3.8, 4) is 0 Å². The summed E-state index contributed by atoms with van der Waals surface area (Å²) in [7, 11) is 0. The van der Waals surface area contributed by atoms with Crippen LogP contribution in [-0.2, 0) is 17.8 Å². The van der Waals surface area contributed by atoms with Crippen LogP contribution < -0.4 is 11.2 Å². The average molecular weight is 340 g/mol. The fourth-order valence-corrected chi connectivity index (χ4v) is 2.65. The second-order valence-electron chi connectivity index (χ2n) is 4.34. The molecule has 4 nitrogen and oxygen atoms in total. The number of halogens is 1. The molecular weight excluding hydrogens is 326 g/mol. The first kappa shape index (κ1) is 15.8. The van der Waals surface area contributed by atoms with Crippen molar-refractivity contribution in [1.82, 2.24) is 10.4 Å². The van der Waals surface area contributed by atoms with Gasteiger partial charge in [0.1, 0.15) is 0 Å². The Balaban J connectivity index is 1.97. The van der Waals surface area contributed by atoms with Crippen molar-refractivity contribution in [2.75, 3.05) is 0 Å². The second-order valence-corrected chi connectivity index (χ2v) is 6.23. The van der Waals surface area contributed by atoms with Crippen LogP contribution in [0.5, 0.6) is 0 Å². The quantitative estimate of drug-likeness (QED) is 0.664. The number of hydrazine groups is 1. The summed E-state index contributed by atoms with van der Waals surface area (Å²) in [5, 5.41) is 4.16. The Labute approximate surface area is 137 Å². The molecule has 0 saturated heterocycles. The first-order chi connectivity index (χ1) is 10.0. The summed E-state index contributed by atoms with van der Waals surface area (Å²) in [5.74, 6) is -0.154. The molecule has 2 rings (SSSR count). The number of nitrogens with one attached hydrogen (secondary N) is 1. The van der Waals surface area contributed by atoms with Gasteiger partial charge in [-0.1, -0.05) is 29.8 Å². The molecule has 0 radical (unpaired) electrons. The smallest absolute Gasteiger partial charge is 0.243 e. The number of thiocarbonyl (C=S) groups is 1. The number of nitrogens with two attached hydrogens (primary N) is 1. The molecule has 0 aliphatic carbocycles. The molecule has 0 atom stereocenters. The highest BCUT2D eigenvalue weighted by Gasteiger charge is 2.12. The molecule has 0 aliphatic heterocycles. The van der Waals surface area contributed by atoms with Gasteiger partial charge in [-0.2, -0.15) is 0 Å². The third-order valence-corrected chi connectivity index (χ3v) is 4.04. The van der Waals surface area contributed by atoms with E-state index in [2.05, 4.69) is 5.43 Å². The minimum absolute atomic E-state index is 0.115. The van der Waals surface area contributed by atoms with Gasteiger partial charge in [0.25, 0.3) is 0 Å². The number of nitrogens with zero attached hydrogens (tertiary/aromatic N) is 1. The molecule has 1 amide bonds. The van der Waals surface area contributed by atoms with E-state index in [1.807, 2.05) is 29.6 Å². The number of carbonyl (C=O) groups is 1. The zero-order valence-electron chi connectivity index (χ0n) is 11.1. The van der Waals surface area contributed by atoms with E-state index < -0.39 is 0 Å². The molecule has 0 bridgehead atoms. The van der Waals surface area contributed by atoms with Crippen LogP contribution >= 0.6 is 35.2 Å². The van der Waals surface area contributed by atoms with E-state index in [4.69, 9.17) is 29.6 Å². The van der Waals surface area contributed by atoms with E-state index in [0.717, 1.165) is 10.4 Å². The Morgan fingerprint density at radius 2 is 2.05 bits per heavy atom. The summed E-state index contributed by atoms with van der Waals surface area (Å²) < 4.78 is 0. The first-order valence-corrected chi connectivity index (χ1v) is 7.84. The van der Waals surface area contributed by atoms with Crippen molar-refractivity contribution < 1.29 is 4.79 Å². The van der Waals surface area contributed by atoms with Gasteiger partial charge in [-0.3, -0.25) is 15.2 Å². The molecule has 110 valence electrons. The van der Waals surface area contributed by atoms with Crippen molar-refractivity contribution in [2.24, 2.45) is 5.73 Å². The third-order valence-electron chi connectivity index (χ3n) is 2.69. The van der Waals surface area contributed by atoms with Crippen LogP contribution in [0.1, 0.15) is 10.4 Å². The van der Waals surface area contributed by atoms with E-state index in [1.165, 1.54) is 16.3 Å². The van der Waals surface area contributed by atoms with Gasteiger partial charge < -0.3 is 5.73 Å². The summed E-state index contributed by atoms with van der Waals surface area (Å²) in [6, 6.07) is 11.1. The highest BCUT2D eigenvalue weighted by atomic mass is 35.5. The molecule has 1 heterocycles. The van der Waals surface area contributed by atoms with Crippen molar-refractivity contribution in [3.05, 3.63) is 57.2 Å². The molecule has 1 aromatic carbocycles. The average Bonchev–Trinajstić information content (AvgIpc) is 2.93. The number of thiophene rings is 1. The highest BCUT2D eigenvalue weighted by molar-refractivity contribution is 7.80. The number of hydrogen-bond acceptors (Lipinski definition) is 3. The molecule has 0 aliphatic rings. The van der Waals surface area contributed by atoms with Gasteiger partial charge in [0.15, 0.2) is 5.11 Å². The minimum Gasteiger partial charge on any atom is -0.375 e. The van der Waals surface area contributed by atoms with E-state index in [1.54, 1.807) is 12.1 Å². The number of benzene rings is 1. The molecule has 2 aromatic rings. The molecule has 1 aromatic heterocycles. The number of amides is 1. The fourth-order valence-electron chi connectivity index (χ4n) is 1.71. The number of hydrogen-bond donors (Lipinski definition) is 2. The maximum Gasteiger partial charge on any atom is 0.243 e. The largest absolute Gasteiger partial charge is 0.375 e. The molecule has 0 saturated carbocycles. The van der Waals surface area contributed by atoms with Crippen LogP contribution in [0.2, 0.25) is 5.02 Å². The van der Waals surface area contributed by atoms with Gasteiger partial charge in [-0.15, -0.1) is 11.3 Å². The van der Waals surface area contributed by atoms with Crippen LogP contribution in [0.3, 0.4) is 0 Å². The Morgan fingerprint density at radius 3 is 2.62 bits per heavy atom. The molecule has 7 heteroatoms. The standard InChI is InChI=1S/C14H14ClN3OS2/c15-11-5-3-10(4-6-11)9-18(14(16)20)17-13(19)8-12-2-1-7-21-12/h1-7H,8-9H2,(H2,16,20)(H,17,19). The lowest BCUT2D eigenvalue weighted by Crippen LogP contribution is -2.48. The summed E-state index contributed by atoms with van der Waals surface area (Å²) >= 11 is 12.3.